The van der Waals surface area contributed by atoms with Crippen LogP contribution in [-0.4, -0.2) is 19.1 Å². The van der Waals surface area contributed by atoms with Gasteiger partial charge in [-0.05, 0) is 57.6 Å². The molecule has 9 aromatic carbocycles. The SMILES string of the molecule is c1ccc(-n2c3ccccc3c3ccc(-c4nc(-n5c6c7ccccc7ccc6c6c7ccccc7c7c8ccccc8sc7c65)nc5c4-c4ccccc4C5)cc32)cc1. The maximum atomic E-state index is 5.81. The summed E-state index contributed by atoms with van der Waals surface area (Å²) in [4.78, 5) is 11.5. The van der Waals surface area contributed by atoms with Crippen molar-refractivity contribution in [2.24, 2.45) is 0 Å². The Balaban J connectivity index is 1.16. The fraction of sp³-hybridized carbons (Fsp3) is 0.0182. The number of para-hydroxylation sites is 2. The highest BCUT2D eigenvalue weighted by atomic mass is 32.1. The first-order valence-corrected chi connectivity index (χ1v) is 21.4. The number of fused-ring (bicyclic) bond motifs is 18. The van der Waals surface area contributed by atoms with Crippen molar-refractivity contribution >= 4 is 96.7 Å². The molecule has 14 rings (SSSR count). The lowest BCUT2D eigenvalue weighted by molar-refractivity contribution is 0.962. The Morgan fingerprint density at radius 1 is 0.467 bits per heavy atom. The molecule has 278 valence electrons. The second kappa shape index (κ2) is 12.0. The van der Waals surface area contributed by atoms with E-state index in [0.29, 0.717) is 5.95 Å². The maximum Gasteiger partial charge on any atom is 0.235 e. The van der Waals surface area contributed by atoms with E-state index in [4.69, 9.17) is 9.97 Å². The average molecular weight is 781 g/mol. The largest absolute Gasteiger partial charge is 0.309 e. The van der Waals surface area contributed by atoms with E-state index in [1.807, 2.05) is 11.3 Å². The summed E-state index contributed by atoms with van der Waals surface area (Å²) in [6.07, 6.45) is 0.750. The molecule has 4 heterocycles. The molecule has 5 heteroatoms. The molecule has 0 amide bonds. The Morgan fingerprint density at radius 2 is 1.15 bits per heavy atom. The minimum absolute atomic E-state index is 0.700. The number of thiophene rings is 1. The van der Waals surface area contributed by atoms with Gasteiger partial charge in [0, 0.05) is 65.6 Å². The predicted molar refractivity (Wildman–Crippen MR) is 252 cm³/mol. The van der Waals surface area contributed by atoms with Crippen LogP contribution >= 0.6 is 11.3 Å². The molecule has 1 aliphatic carbocycles. The van der Waals surface area contributed by atoms with Gasteiger partial charge in [0.2, 0.25) is 5.95 Å². The van der Waals surface area contributed by atoms with Crippen LogP contribution in [0.5, 0.6) is 0 Å². The summed E-state index contributed by atoms with van der Waals surface area (Å²) in [6.45, 7) is 0. The summed E-state index contributed by atoms with van der Waals surface area (Å²) >= 11 is 1.87. The zero-order valence-corrected chi connectivity index (χ0v) is 33.0. The molecule has 0 radical (unpaired) electrons. The number of rotatable bonds is 3. The summed E-state index contributed by atoms with van der Waals surface area (Å²) in [7, 11) is 0. The van der Waals surface area contributed by atoms with Gasteiger partial charge in [0.1, 0.15) is 0 Å². The van der Waals surface area contributed by atoms with Gasteiger partial charge in [-0.25, -0.2) is 9.97 Å². The maximum absolute atomic E-state index is 5.81. The van der Waals surface area contributed by atoms with Crippen LogP contribution in [-0.2, 0) is 6.42 Å². The van der Waals surface area contributed by atoms with E-state index in [-0.39, 0.29) is 0 Å². The lowest BCUT2D eigenvalue weighted by Crippen LogP contribution is -2.06. The van der Waals surface area contributed by atoms with Gasteiger partial charge < -0.3 is 4.57 Å². The van der Waals surface area contributed by atoms with Gasteiger partial charge in [0.25, 0.3) is 0 Å². The topological polar surface area (TPSA) is 35.6 Å². The molecule has 0 N–H and O–H groups in total. The Hall–Kier alpha value is -7.60. The second-order valence-electron chi connectivity index (χ2n) is 16.0. The van der Waals surface area contributed by atoms with Crippen molar-refractivity contribution in [3.8, 4) is 34.0 Å². The number of nitrogens with zero attached hydrogens (tertiary/aromatic N) is 4. The molecular formula is C55H32N4S. The monoisotopic (exact) mass is 780 g/mol. The van der Waals surface area contributed by atoms with E-state index in [2.05, 4.69) is 191 Å². The predicted octanol–water partition coefficient (Wildman–Crippen LogP) is 14.6. The molecule has 0 aliphatic heterocycles. The summed E-state index contributed by atoms with van der Waals surface area (Å²) in [6, 6.07) is 66.3. The molecule has 60 heavy (non-hydrogen) atoms. The van der Waals surface area contributed by atoms with Gasteiger partial charge in [-0.15, -0.1) is 11.3 Å². The van der Waals surface area contributed by atoms with Crippen LogP contribution in [0, 0.1) is 0 Å². The second-order valence-corrected chi connectivity index (χ2v) is 17.1. The van der Waals surface area contributed by atoms with E-state index < -0.39 is 0 Å². The van der Waals surface area contributed by atoms with Crippen LogP contribution < -0.4 is 0 Å². The van der Waals surface area contributed by atoms with Gasteiger partial charge in [0.15, 0.2) is 0 Å². The fourth-order valence-electron chi connectivity index (χ4n) is 10.4. The third-order valence-corrected chi connectivity index (χ3v) is 14.1. The van der Waals surface area contributed by atoms with Crippen LogP contribution in [0.2, 0.25) is 0 Å². The van der Waals surface area contributed by atoms with E-state index in [9.17, 15) is 0 Å². The van der Waals surface area contributed by atoms with Gasteiger partial charge in [-0.3, -0.25) is 4.57 Å². The van der Waals surface area contributed by atoms with Crippen LogP contribution in [0.4, 0.5) is 0 Å². The highest BCUT2D eigenvalue weighted by molar-refractivity contribution is 7.27. The first-order valence-electron chi connectivity index (χ1n) is 20.5. The lowest BCUT2D eigenvalue weighted by Gasteiger charge is -2.15. The van der Waals surface area contributed by atoms with Crippen molar-refractivity contribution in [1.82, 2.24) is 19.1 Å². The molecule has 0 saturated heterocycles. The van der Waals surface area contributed by atoms with Crippen molar-refractivity contribution in [1.29, 1.82) is 0 Å². The highest BCUT2D eigenvalue weighted by Gasteiger charge is 2.29. The van der Waals surface area contributed by atoms with Crippen LogP contribution in [0.15, 0.2) is 182 Å². The lowest BCUT2D eigenvalue weighted by atomic mass is 9.98. The van der Waals surface area contributed by atoms with E-state index >= 15 is 0 Å². The van der Waals surface area contributed by atoms with Crippen molar-refractivity contribution in [2.45, 2.75) is 6.42 Å². The average Bonchev–Trinajstić information content (AvgIpc) is 4.07. The van der Waals surface area contributed by atoms with E-state index in [1.54, 1.807) is 0 Å². The molecule has 13 aromatic rings. The van der Waals surface area contributed by atoms with Crippen LogP contribution in [0.3, 0.4) is 0 Å². The normalized spacial score (nSPS) is 12.6. The number of hydrogen-bond donors (Lipinski definition) is 0. The first-order chi connectivity index (χ1) is 29.8. The first kappa shape index (κ1) is 32.4. The fourth-order valence-corrected chi connectivity index (χ4v) is 11.7. The molecule has 0 spiro atoms. The van der Waals surface area contributed by atoms with Gasteiger partial charge in [-0.2, -0.15) is 0 Å². The Bertz CT molecular complexity index is 3980. The summed E-state index contributed by atoms with van der Waals surface area (Å²) in [5.41, 5.74) is 12.5. The molecule has 4 nitrogen and oxygen atoms in total. The van der Waals surface area contributed by atoms with Crippen molar-refractivity contribution in [2.75, 3.05) is 0 Å². The molecule has 4 aromatic heterocycles. The third kappa shape index (κ3) is 4.29. The van der Waals surface area contributed by atoms with Gasteiger partial charge in [0.05, 0.1) is 38.2 Å². The van der Waals surface area contributed by atoms with Crippen LogP contribution in [0.25, 0.3) is 119 Å². The van der Waals surface area contributed by atoms with Crippen molar-refractivity contribution in [3.05, 3.63) is 193 Å². The summed E-state index contributed by atoms with van der Waals surface area (Å²) in [5, 5.41) is 12.4. The van der Waals surface area contributed by atoms with E-state index in [1.165, 1.54) is 79.9 Å². The molecule has 0 fully saturated rings. The molecule has 1 aliphatic rings. The molecule has 0 saturated carbocycles. The van der Waals surface area contributed by atoms with Crippen molar-refractivity contribution in [3.63, 3.8) is 0 Å². The van der Waals surface area contributed by atoms with E-state index in [0.717, 1.165) is 51.2 Å². The highest BCUT2D eigenvalue weighted by Crippen LogP contribution is 2.50. The molecule has 0 bridgehead atoms. The van der Waals surface area contributed by atoms with Gasteiger partial charge >= 0.3 is 0 Å². The quantitative estimate of drug-likeness (QED) is 0.179. The zero-order chi connectivity index (χ0) is 39.1. The summed E-state index contributed by atoms with van der Waals surface area (Å²) in [5.74, 6) is 0.700. The number of benzene rings is 9. The molecule has 0 atom stereocenters. The molecule has 0 unspecified atom stereocenters. The molecular weight excluding hydrogens is 749 g/mol. The zero-order valence-electron chi connectivity index (χ0n) is 32.2. The summed E-state index contributed by atoms with van der Waals surface area (Å²) < 4.78 is 7.35. The third-order valence-electron chi connectivity index (χ3n) is 12.9. The Labute approximate surface area is 347 Å². The standard InChI is InChI=1S/C55H32N4S/c1-2-16-35(17-3-1)58-45-24-12-10-20-38(45)39-28-27-34(31-46(39)58)51-50-36-18-6-5-15-33(36)30-44(50)56-55(57-51)59-52-37-19-7-4-14-32(37)26-29-43(52)48-40-21-8-9-22-41(40)49-42-23-11-13-25-47(42)60-54(49)53(48)59/h1-29,31H,30H2. The Kier molecular flexibility index (Phi) is 6.46. The van der Waals surface area contributed by atoms with Crippen molar-refractivity contribution < 1.29 is 0 Å². The number of aromatic nitrogens is 4. The van der Waals surface area contributed by atoms with Crippen LogP contribution in [0.1, 0.15) is 11.3 Å². The Morgan fingerprint density at radius 3 is 2.03 bits per heavy atom. The minimum Gasteiger partial charge on any atom is -0.309 e. The van der Waals surface area contributed by atoms with Gasteiger partial charge in [-0.1, -0.05) is 152 Å². The smallest absolute Gasteiger partial charge is 0.235 e. The number of hydrogen-bond acceptors (Lipinski definition) is 3. The minimum atomic E-state index is 0.700.